The van der Waals surface area contributed by atoms with Gasteiger partial charge in [0, 0.05) is 13.1 Å². The summed E-state index contributed by atoms with van der Waals surface area (Å²) >= 11 is 0. The van der Waals surface area contributed by atoms with Crippen molar-refractivity contribution in [2.24, 2.45) is 5.41 Å². The zero-order valence-electron chi connectivity index (χ0n) is 13.1. The zero-order valence-corrected chi connectivity index (χ0v) is 13.1. The van der Waals surface area contributed by atoms with E-state index in [0.717, 1.165) is 25.4 Å². The largest absolute Gasteiger partial charge is 0.494 e. The van der Waals surface area contributed by atoms with Crippen LogP contribution in [-0.4, -0.2) is 38.2 Å². The van der Waals surface area contributed by atoms with Crippen LogP contribution in [0.2, 0.25) is 0 Å². The lowest BCUT2D eigenvalue weighted by atomic mass is 9.80. The maximum Gasteiger partial charge on any atom is 0.119 e. The van der Waals surface area contributed by atoms with Crippen LogP contribution in [0.15, 0.2) is 24.3 Å². The molecule has 112 valence electrons. The summed E-state index contributed by atoms with van der Waals surface area (Å²) < 4.78 is 5.46. The van der Waals surface area contributed by atoms with E-state index in [9.17, 15) is 0 Å². The fraction of sp³-hybridized carbons (Fsp3) is 0.647. The Hall–Kier alpha value is -1.06. The Kier molecular flexibility index (Phi) is 5.44. The van der Waals surface area contributed by atoms with Gasteiger partial charge in [-0.2, -0.15) is 0 Å². The minimum absolute atomic E-state index is 0.456. The van der Waals surface area contributed by atoms with E-state index >= 15 is 0 Å². The third-order valence-electron chi connectivity index (χ3n) is 4.31. The second kappa shape index (κ2) is 7.09. The predicted molar refractivity (Wildman–Crippen MR) is 84.2 cm³/mol. The average Bonchev–Trinajstić information content (AvgIpc) is 2.45. The Labute approximate surface area is 123 Å². The zero-order chi connectivity index (χ0) is 14.4. The molecule has 1 N–H and O–H groups in total. The molecule has 1 aromatic rings. The second-order valence-electron chi connectivity index (χ2n) is 6.29. The number of ether oxygens (including phenoxy) is 1. The van der Waals surface area contributed by atoms with E-state index in [1.807, 2.05) is 6.92 Å². The summed E-state index contributed by atoms with van der Waals surface area (Å²) in [5, 5.41) is 3.62. The van der Waals surface area contributed by atoms with E-state index in [1.165, 1.54) is 31.5 Å². The van der Waals surface area contributed by atoms with E-state index in [0.29, 0.717) is 5.41 Å². The molecule has 1 aromatic carbocycles. The summed E-state index contributed by atoms with van der Waals surface area (Å²) in [6, 6.07) is 8.40. The van der Waals surface area contributed by atoms with Crippen molar-refractivity contribution in [1.29, 1.82) is 0 Å². The highest BCUT2D eigenvalue weighted by molar-refractivity contribution is 5.27. The van der Waals surface area contributed by atoms with Crippen molar-refractivity contribution < 1.29 is 4.74 Å². The van der Waals surface area contributed by atoms with Gasteiger partial charge in [0.15, 0.2) is 0 Å². The van der Waals surface area contributed by atoms with Gasteiger partial charge in [0.1, 0.15) is 5.75 Å². The van der Waals surface area contributed by atoms with E-state index in [-0.39, 0.29) is 0 Å². The Morgan fingerprint density at radius 3 is 2.45 bits per heavy atom. The molecule has 0 amide bonds. The molecule has 0 atom stereocenters. The Balaban J connectivity index is 1.75. The summed E-state index contributed by atoms with van der Waals surface area (Å²) in [4.78, 5) is 2.42. The summed E-state index contributed by atoms with van der Waals surface area (Å²) in [5.74, 6) is 0.957. The van der Waals surface area contributed by atoms with Crippen molar-refractivity contribution in [2.75, 3.05) is 33.3 Å². The molecule has 3 heteroatoms. The minimum Gasteiger partial charge on any atom is -0.494 e. The second-order valence-corrected chi connectivity index (χ2v) is 6.29. The summed E-state index contributed by atoms with van der Waals surface area (Å²) in [6.07, 6.45) is 2.58. The number of piperidine rings is 1. The van der Waals surface area contributed by atoms with Gasteiger partial charge in [0.05, 0.1) is 6.61 Å². The molecule has 1 heterocycles. The van der Waals surface area contributed by atoms with Gasteiger partial charge in [-0.05, 0) is 63.0 Å². The van der Waals surface area contributed by atoms with Crippen LogP contribution in [-0.2, 0) is 6.54 Å². The molecule has 1 fully saturated rings. The molecule has 0 bridgehead atoms. The quantitative estimate of drug-likeness (QED) is 0.864. The number of hydrogen-bond acceptors (Lipinski definition) is 3. The van der Waals surface area contributed by atoms with Crippen LogP contribution >= 0.6 is 0 Å². The summed E-state index contributed by atoms with van der Waals surface area (Å²) in [6.45, 7) is 9.64. The number of hydrogen-bond donors (Lipinski definition) is 1. The smallest absolute Gasteiger partial charge is 0.119 e. The van der Waals surface area contributed by atoms with E-state index < -0.39 is 0 Å². The third-order valence-corrected chi connectivity index (χ3v) is 4.31. The number of benzene rings is 1. The lowest BCUT2D eigenvalue weighted by Crippen LogP contribution is -2.41. The van der Waals surface area contributed by atoms with Gasteiger partial charge >= 0.3 is 0 Å². The van der Waals surface area contributed by atoms with E-state index in [4.69, 9.17) is 4.74 Å². The molecule has 1 saturated heterocycles. The Morgan fingerprint density at radius 1 is 1.20 bits per heavy atom. The fourth-order valence-corrected chi connectivity index (χ4v) is 2.71. The van der Waals surface area contributed by atoms with Crippen molar-refractivity contribution in [2.45, 2.75) is 33.2 Å². The van der Waals surface area contributed by atoms with Crippen LogP contribution in [0.3, 0.4) is 0 Å². The highest BCUT2D eigenvalue weighted by Crippen LogP contribution is 2.29. The first-order valence-corrected chi connectivity index (χ1v) is 7.72. The highest BCUT2D eigenvalue weighted by Gasteiger charge is 2.28. The molecular weight excluding hydrogens is 248 g/mol. The summed E-state index contributed by atoms with van der Waals surface area (Å²) in [5.41, 5.74) is 1.78. The van der Waals surface area contributed by atoms with Crippen LogP contribution in [0, 0.1) is 5.41 Å². The van der Waals surface area contributed by atoms with Crippen molar-refractivity contribution >= 4 is 0 Å². The van der Waals surface area contributed by atoms with Gasteiger partial charge in [0.2, 0.25) is 0 Å². The summed E-state index contributed by atoms with van der Waals surface area (Å²) in [7, 11) is 2.22. The van der Waals surface area contributed by atoms with Crippen LogP contribution in [0.5, 0.6) is 5.75 Å². The van der Waals surface area contributed by atoms with E-state index in [1.54, 1.807) is 0 Å². The molecule has 20 heavy (non-hydrogen) atoms. The molecule has 0 unspecified atom stereocenters. The van der Waals surface area contributed by atoms with Crippen LogP contribution in [0.1, 0.15) is 32.3 Å². The molecule has 1 aliphatic heterocycles. The lowest BCUT2D eigenvalue weighted by molar-refractivity contribution is 0.137. The van der Waals surface area contributed by atoms with Gasteiger partial charge in [0.25, 0.3) is 0 Å². The Bertz CT molecular complexity index is 394. The molecule has 3 nitrogen and oxygen atoms in total. The first kappa shape index (κ1) is 15.3. The SMILES string of the molecule is CCOc1ccc(CNCC2(C)CCN(C)CC2)cc1. The number of likely N-dealkylation sites (tertiary alicyclic amines) is 1. The van der Waals surface area contributed by atoms with Crippen LogP contribution in [0.25, 0.3) is 0 Å². The van der Waals surface area contributed by atoms with Crippen molar-refractivity contribution in [3.05, 3.63) is 29.8 Å². The van der Waals surface area contributed by atoms with Crippen molar-refractivity contribution in [3.63, 3.8) is 0 Å². The molecule has 0 spiro atoms. The van der Waals surface area contributed by atoms with E-state index in [2.05, 4.69) is 48.5 Å². The first-order valence-electron chi connectivity index (χ1n) is 7.72. The van der Waals surface area contributed by atoms with Gasteiger partial charge in [-0.3, -0.25) is 0 Å². The average molecular weight is 276 g/mol. The molecule has 2 rings (SSSR count). The predicted octanol–water partition coefficient (Wildman–Crippen LogP) is 2.91. The van der Waals surface area contributed by atoms with Crippen LogP contribution in [0.4, 0.5) is 0 Å². The van der Waals surface area contributed by atoms with Gasteiger partial charge in [-0.25, -0.2) is 0 Å². The van der Waals surface area contributed by atoms with Crippen molar-refractivity contribution in [3.8, 4) is 5.75 Å². The molecule has 0 aromatic heterocycles. The number of nitrogens with zero attached hydrogens (tertiary/aromatic N) is 1. The maximum atomic E-state index is 5.46. The molecular formula is C17H28N2O. The maximum absolute atomic E-state index is 5.46. The van der Waals surface area contributed by atoms with Crippen LogP contribution < -0.4 is 10.1 Å². The normalized spacial score (nSPS) is 18.9. The number of nitrogens with one attached hydrogen (secondary N) is 1. The topological polar surface area (TPSA) is 24.5 Å². The van der Waals surface area contributed by atoms with Gasteiger partial charge < -0.3 is 15.0 Å². The lowest BCUT2D eigenvalue weighted by Gasteiger charge is -2.38. The van der Waals surface area contributed by atoms with Gasteiger partial charge in [-0.15, -0.1) is 0 Å². The third kappa shape index (κ3) is 4.50. The monoisotopic (exact) mass is 276 g/mol. The molecule has 0 aliphatic carbocycles. The number of rotatable bonds is 6. The van der Waals surface area contributed by atoms with Gasteiger partial charge in [-0.1, -0.05) is 19.1 Å². The minimum atomic E-state index is 0.456. The highest BCUT2D eigenvalue weighted by atomic mass is 16.5. The standard InChI is InChI=1S/C17H28N2O/c1-4-20-16-7-5-15(6-8-16)13-18-14-17(2)9-11-19(3)12-10-17/h5-8,18H,4,9-14H2,1-3H3. The molecule has 1 aliphatic rings. The molecule has 0 radical (unpaired) electrons. The fourth-order valence-electron chi connectivity index (χ4n) is 2.71. The van der Waals surface area contributed by atoms with Crippen molar-refractivity contribution in [1.82, 2.24) is 10.2 Å². The Morgan fingerprint density at radius 2 is 1.85 bits per heavy atom. The molecule has 0 saturated carbocycles. The first-order chi connectivity index (χ1) is 9.61.